The van der Waals surface area contributed by atoms with Gasteiger partial charge in [0.15, 0.2) is 0 Å². The molecule has 102 valence electrons. The molecule has 0 unspecified atom stereocenters. The van der Waals surface area contributed by atoms with Crippen molar-refractivity contribution in [3.63, 3.8) is 0 Å². The molecule has 6 heteroatoms. The first-order valence-electron chi connectivity index (χ1n) is 5.34. The average Bonchev–Trinajstić information content (AvgIpc) is 2.20. The summed E-state index contributed by atoms with van der Waals surface area (Å²) in [6.07, 6.45) is 0.615. The summed E-state index contributed by atoms with van der Waals surface area (Å²) in [6.45, 7) is 3.99. The summed E-state index contributed by atoms with van der Waals surface area (Å²) in [4.78, 5) is 11.1. The number of carboxylic acid groups (broad SMARTS) is 1. The molecule has 0 aromatic heterocycles. The molecule has 0 saturated heterocycles. The van der Waals surface area contributed by atoms with E-state index in [1.807, 2.05) is 13.8 Å². The molecule has 4 N–H and O–H groups in total. The molecule has 0 aliphatic carbocycles. The lowest BCUT2D eigenvalue weighted by Crippen LogP contribution is -2.17. The smallest absolute Gasteiger partial charge is 0.336 e. The Hall–Kier alpha value is -0.780. The van der Waals surface area contributed by atoms with E-state index in [-0.39, 0.29) is 23.7 Å². The Morgan fingerprint density at radius 2 is 2.00 bits per heavy atom. The van der Waals surface area contributed by atoms with Crippen LogP contribution in [-0.2, 0) is 0 Å². The fourth-order valence-corrected chi connectivity index (χ4v) is 2.11. The standard InChI is InChI=1S/C12H16BrNO3.ClH/c1-6(2)5-9(14)10-7(12(16)17)3-4-8(13)11(10)15;/h3-4,6,9,15H,5,14H2,1-2H3,(H,16,17);1H/t9-;/m1./s1. The van der Waals surface area contributed by atoms with Gasteiger partial charge in [-0.2, -0.15) is 0 Å². The molecule has 0 spiro atoms. The van der Waals surface area contributed by atoms with Gasteiger partial charge in [0.1, 0.15) is 5.75 Å². The van der Waals surface area contributed by atoms with Crippen LogP contribution in [0.25, 0.3) is 0 Å². The Balaban J connectivity index is 0.00000289. The molecule has 1 rings (SSSR count). The lowest BCUT2D eigenvalue weighted by atomic mass is 9.93. The van der Waals surface area contributed by atoms with Gasteiger partial charge in [0, 0.05) is 11.6 Å². The summed E-state index contributed by atoms with van der Waals surface area (Å²) in [7, 11) is 0. The average molecular weight is 339 g/mol. The number of nitrogens with two attached hydrogens (primary N) is 1. The Morgan fingerprint density at radius 1 is 1.44 bits per heavy atom. The molecule has 0 aliphatic rings. The molecule has 1 aromatic carbocycles. The van der Waals surface area contributed by atoms with E-state index < -0.39 is 12.0 Å². The van der Waals surface area contributed by atoms with Gasteiger partial charge in [-0.05, 0) is 40.4 Å². The van der Waals surface area contributed by atoms with Crippen molar-refractivity contribution < 1.29 is 15.0 Å². The van der Waals surface area contributed by atoms with Gasteiger partial charge in [-0.1, -0.05) is 13.8 Å². The maximum atomic E-state index is 11.1. The highest BCUT2D eigenvalue weighted by molar-refractivity contribution is 9.10. The number of hydrogen-bond donors (Lipinski definition) is 3. The van der Waals surface area contributed by atoms with Crippen LogP contribution in [0.1, 0.15) is 42.2 Å². The molecule has 0 saturated carbocycles. The molecule has 18 heavy (non-hydrogen) atoms. The number of rotatable bonds is 4. The van der Waals surface area contributed by atoms with Crippen molar-refractivity contribution in [1.29, 1.82) is 0 Å². The van der Waals surface area contributed by atoms with Gasteiger partial charge in [0.05, 0.1) is 10.0 Å². The summed E-state index contributed by atoms with van der Waals surface area (Å²) in [6, 6.07) is 2.46. The van der Waals surface area contributed by atoms with Crippen LogP contribution < -0.4 is 5.73 Å². The van der Waals surface area contributed by atoms with Crippen molar-refractivity contribution in [3.05, 3.63) is 27.7 Å². The number of aromatic hydroxyl groups is 1. The van der Waals surface area contributed by atoms with Crippen molar-refractivity contribution in [1.82, 2.24) is 0 Å². The maximum Gasteiger partial charge on any atom is 0.336 e. The minimum atomic E-state index is -1.08. The summed E-state index contributed by atoms with van der Waals surface area (Å²) in [5.41, 5.74) is 6.31. The van der Waals surface area contributed by atoms with E-state index in [9.17, 15) is 9.90 Å². The monoisotopic (exact) mass is 337 g/mol. The molecular formula is C12H17BrClNO3. The minimum Gasteiger partial charge on any atom is -0.506 e. The van der Waals surface area contributed by atoms with Crippen LogP contribution in [0.5, 0.6) is 5.75 Å². The van der Waals surface area contributed by atoms with E-state index in [1.54, 1.807) is 0 Å². The SMILES string of the molecule is CC(C)C[C@@H](N)c1c(C(=O)O)ccc(Br)c1O.Cl. The molecule has 1 aromatic rings. The second-order valence-corrected chi connectivity index (χ2v) is 5.25. The normalized spacial score (nSPS) is 12.1. The van der Waals surface area contributed by atoms with Gasteiger partial charge < -0.3 is 15.9 Å². The zero-order valence-corrected chi connectivity index (χ0v) is 12.6. The first-order valence-corrected chi connectivity index (χ1v) is 6.14. The third-order valence-electron chi connectivity index (χ3n) is 2.49. The van der Waals surface area contributed by atoms with E-state index in [0.29, 0.717) is 22.4 Å². The quantitative estimate of drug-likeness (QED) is 0.786. The van der Waals surface area contributed by atoms with Crippen LogP contribution in [0, 0.1) is 5.92 Å². The third-order valence-corrected chi connectivity index (χ3v) is 3.13. The van der Waals surface area contributed by atoms with Gasteiger partial charge in [0.2, 0.25) is 0 Å². The summed E-state index contributed by atoms with van der Waals surface area (Å²) >= 11 is 3.17. The van der Waals surface area contributed by atoms with Crippen LogP contribution in [0.4, 0.5) is 0 Å². The number of carbonyl (C=O) groups is 1. The van der Waals surface area contributed by atoms with Crippen molar-refractivity contribution in [2.45, 2.75) is 26.3 Å². The molecule has 0 aliphatic heterocycles. The summed E-state index contributed by atoms with van der Waals surface area (Å²) in [5.74, 6) is -0.843. The van der Waals surface area contributed by atoms with E-state index in [1.165, 1.54) is 12.1 Å². The van der Waals surface area contributed by atoms with E-state index in [2.05, 4.69) is 15.9 Å². The first-order chi connectivity index (χ1) is 7.84. The number of phenolic OH excluding ortho intramolecular Hbond substituents is 1. The molecule has 0 amide bonds. The second kappa shape index (κ2) is 6.97. The Kier molecular flexibility index (Phi) is 6.67. The van der Waals surface area contributed by atoms with Crippen LogP contribution >= 0.6 is 28.3 Å². The molecule has 0 bridgehead atoms. The zero-order chi connectivity index (χ0) is 13.2. The van der Waals surface area contributed by atoms with Crippen molar-refractivity contribution >= 4 is 34.3 Å². The predicted molar refractivity (Wildman–Crippen MR) is 76.4 cm³/mol. The van der Waals surface area contributed by atoms with Crippen LogP contribution in [0.15, 0.2) is 16.6 Å². The maximum absolute atomic E-state index is 11.1. The number of phenols is 1. The third kappa shape index (κ3) is 3.86. The van der Waals surface area contributed by atoms with E-state index >= 15 is 0 Å². The first kappa shape index (κ1) is 17.2. The summed E-state index contributed by atoms with van der Waals surface area (Å²) in [5, 5.41) is 19.0. The lowest BCUT2D eigenvalue weighted by molar-refractivity contribution is 0.0694. The van der Waals surface area contributed by atoms with Crippen molar-refractivity contribution in [3.8, 4) is 5.75 Å². The number of hydrogen-bond acceptors (Lipinski definition) is 3. The topological polar surface area (TPSA) is 83.6 Å². The van der Waals surface area contributed by atoms with Gasteiger partial charge in [-0.15, -0.1) is 12.4 Å². The van der Waals surface area contributed by atoms with Gasteiger partial charge in [-0.3, -0.25) is 0 Å². The van der Waals surface area contributed by atoms with Crippen LogP contribution in [0.3, 0.4) is 0 Å². The zero-order valence-electron chi connectivity index (χ0n) is 10.2. The fourth-order valence-electron chi connectivity index (χ4n) is 1.77. The summed E-state index contributed by atoms with van der Waals surface area (Å²) < 4.78 is 0.455. The number of aromatic carboxylic acids is 1. The predicted octanol–water partition coefficient (Wildman–Crippen LogP) is 3.32. The molecule has 0 fully saturated rings. The molecule has 4 nitrogen and oxygen atoms in total. The van der Waals surface area contributed by atoms with E-state index in [4.69, 9.17) is 10.8 Å². The minimum absolute atomic E-state index is 0. The Labute approximate surface area is 121 Å². The largest absolute Gasteiger partial charge is 0.506 e. The van der Waals surface area contributed by atoms with Crippen LogP contribution in [0.2, 0.25) is 0 Å². The molecule has 0 heterocycles. The number of benzene rings is 1. The molecule has 0 radical (unpaired) electrons. The Morgan fingerprint density at radius 3 is 2.44 bits per heavy atom. The highest BCUT2D eigenvalue weighted by Crippen LogP contribution is 2.36. The number of carboxylic acids is 1. The lowest BCUT2D eigenvalue weighted by Gasteiger charge is -2.18. The highest BCUT2D eigenvalue weighted by atomic mass is 79.9. The second-order valence-electron chi connectivity index (χ2n) is 4.40. The molecular weight excluding hydrogens is 321 g/mol. The van der Waals surface area contributed by atoms with Gasteiger partial charge in [-0.25, -0.2) is 4.79 Å². The van der Waals surface area contributed by atoms with Crippen LogP contribution in [-0.4, -0.2) is 16.2 Å². The fraction of sp³-hybridized carbons (Fsp3) is 0.417. The van der Waals surface area contributed by atoms with Crippen molar-refractivity contribution in [2.24, 2.45) is 11.7 Å². The van der Waals surface area contributed by atoms with Gasteiger partial charge in [0.25, 0.3) is 0 Å². The Bertz CT molecular complexity index is 438. The van der Waals surface area contributed by atoms with Crippen molar-refractivity contribution in [2.75, 3.05) is 0 Å². The molecule has 1 atom stereocenters. The highest BCUT2D eigenvalue weighted by Gasteiger charge is 2.22. The number of halogens is 2. The van der Waals surface area contributed by atoms with E-state index in [0.717, 1.165) is 0 Å². The van der Waals surface area contributed by atoms with Gasteiger partial charge >= 0.3 is 5.97 Å².